The minimum atomic E-state index is 0.183. The number of carbonyl (C=O) groups is 1. The second-order valence-electron chi connectivity index (χ2n) is 6.98. The molecule has 4 heteroatoms. The van der Waals surface area contributed by atoms with Crippen LogP contribution in [-0.2, 0) is 11.3 Å². The van der Waals surface area contributed by atoms with E-state index in [1.165, 1.54) is 0 Å². The van der Waals surface area contributed by atoms with Gasteiger partial charge in [0, 0.05) is 19.5 Å². The van der Waals surface area contributed by atoms with Crippen molar-refractivity contribution in [2.45, 2.75) is 47.1 Å². The highest BCUT2D eigenvalue weighted by atomic mass is 16.2. The van der Waals surface area contributed by atoms with Crippen LogP contribution in [0.4, 0.5) is 5.82 Å². The summed E-state index contributed by atoms with van der Waals surface area (Å²) in [6.45, 7) is 11.1. The van der Waals surface area contributed by atoms with Crippen LogP contribution in [-0.4, -0.2) is 28.9 Å². The molecule has 1 aliphatic rings. The van der Waals surface area contributed by atoms with Crippen molar-refractivity contribution in [1.82, 2.24) is 9.88 Å². The Morgan fingerprint density at radius 1 is 1.38 bits per heavy atom. The molecule has 21 heavy (non-hydrogen) atoms. The van der Waals surface area contributed by atoms with Gasteiger partial charge in [0.2, 0.25) is 5.91 Å². The number of likely N-dealkylation sites (tertiary alicyclic amines) is 1. The van der Waals surface area contributed by atoms with Crippen LogP contribution in [0, 0.1) is 11.3 Å². The van der Waals surface area contributed by atoms with Crippen LogP contribution in [0.15, 0.2) is 18.2 Å². The third-order valence-corrected chi connectivity index (χ3v) is 4.15. The fourth-order valence-corrected chi connectivity index (χ4v) is 2.62. The van der Waals surface area contributed by atoms with E-state index in [0.29, 0.717) is 18.9 Å². The maximum absolute atomic E-state index is 12.2. The molecule has 4 nitrogen and oxygen atoms in total. The van der Waals surface area contributed by atoms with E-state index >= 15 is 0 Å². The molecule has 0 aromatic carbocycles. The first-order valence-electron chi connectivity index (χ1n) is 7.87. The molecule has 1 aliphatic heterocycles. The molecule has 116 valence electrons. The van der Waals surface area contributed by atoms with Gasteiger partial charge in [0.05, 0.1) is 12.2 Å². The number of amides is 1. The molecule has 0 aliphatic carbocycles. The molecule has 1 aromatic heterocycles. The van der Waals surface area contributed by atoms with E-state index in [4.69, 9.17) is 0 Å². The minimum Gasteiger partial charge on any atom is -0.370 e. The average molecular weight is 289 g/mol. The first-order chi connectivity index (χ1) is 9.90. The van der Waals surface area contributed by atoms with Gasteiger partial charge >= 0.3 is 0 Å². The molecule has 2 rings (SSSR count). The van der Waals surface area contributed by atoms with Crippen molar-refractivity contribution < 1.29 is 4.79 Å². The summed E-state index contributed by atoms with van der Waals surface area (Å²) in [5.74, 6) is 1.59. The van der Waals surface area contributed by atoms with Gasteiger partial charge < -0.3 is 10.2 Å². The summed E-state index contributed by atoms with van der Waals surface area (Å²) in [6, 6.07) is 5.97. The SMILES string of the molecule is CCCNc1cccc(CN2CC(C(C)(C)C)CC2=O)n1. The van der Waals surface area contributed by atoms with Crippen molar-refractivity contribution in [2.75, 3.05) is 18.4 Å². The Hall–Kier alpha value is -1.58. The van der Waals surface area contributed by atoms with Gasteiger partial charge in [-0.15, -0.1) is 0 Å². The Kier molecular flexibility index (Phi) is 4.86. The van der Waals surface area contributed by atoms with Crippen molar-refractivity contribution in [3.8, 4) is 0 Å². The lowest BCUT2D eigenvalue weighted by molar-refractivity contribution is -0.128. The zero-order valence-corrected chi connectivity index (χ0v) is 13.6. The van der Waals surface area contributed by atoms with Crippen molar-refractivity contribution in [1.29, 1.82) is 0 Å². The molecule has 1 unspecified atom stereocenters. The molecule has 0 saturated carbocycles. The van der Waals surface area contributed by atoms with Crippen LogP contribution in [0.3, 0.4) is 0 Å². The topological polar surface area (TPSA) is 45.2 Å². The number of aromatic nitrogens is 1. The van der Waals surface area contributed by atoms with Crippen LogP contribution in [0.5, 0.6) is 0 Å². The van der Waals surface area contributed by atoms with Gasteiger partial charge in [-0.25, -0.2) is 4.98 Å². The third-order valence-electron chi connectivity index (χ3n) is 4.15. The van der Waals surface area contributed by atoms with E-state index in [9.17, 15) is 4.79 Å². The minimum absolute atomic E-state index is 0.183. The van der Waals surface area contributed by atoms with Crippen LogP contribution >= 0.6 is 0 Å². The Balaban J connectivity index is 2.00. The summed E-state index contributed by atoms with van der Waals surface area (Å²) in [7, 11) is 0. The molecule has 1 aromatic rings. The number of nitrogens with one attached hydrogen (secondary N) is 1. The van der Waals surface area contributed by atoms with E-state index in [0.717, 1.165) is 31.0 Å². The highest BCUT2D eigenvalue weighted by molar-refractivity contribution is 5.78. The Labute approximate surface area is 127 Å². The van der Waals surface area contributed by atoms with Crippen LogP contribution in [0.25, 0.3) is 0 Å². The van der Waals surface area contributed by atoms with E-state index < -0.39 is 0 Å². The number of rotatable bonds is 5. The van der Waals surface area contributed by atoms with Crippen molar-refractivity contribution in [2.24, 2.45) is 11.3 Å². The van der Waals surface area contributed by atoms with E-state index in [2.05, 4.69) is 38.0 Å². The normalized spacial score (nSPS) is 19.1. The number of pyridine rings is 1. The highest BCUT2D eigenvalue weighted by Crippen LogP contribution is 2.34. The zero-order chi connectivity index (χ0) is 15.5. The second-order valence-corrected chi connectivity index (χ2v) is 6.98. The molecule has 1 atom stereocenters. The fraction of sp³-hybridized carbons (Fsp3) is 0.647. The van der Waals surface area contributed by atoms with Crippen molar-refractivity contribution >= 4 is 11.7 Å². The Morgan fingerprint density at radius 2 is 2.14 bits per heavy atom. The van der Waals surface area contributed by atoms with Gasteiger partial charge in [-0.1, -0.05) is 33.8 Å². The van der Waals surface area contributed by atoms with Gasteiger partial charge in [0.25, 0.3) is 0 Å². The highest BCUT2D eigenvalue weighted by Gasteiger charge is 2.36. The third kappa shape index (κ3) is 4.19. The number of anilines is 1. The Morgan fingerprint density at radius 3 is 2.76 bits per heavy atom. The monoisotopic (exact) mass is 289 g/mol. The molecule has 0 radical (unpaired) electrons. The molecule has 2 heterocycles. The largest absolute Gasteiger partial charge is 0.370 e. The summed E-state index contributed by atoms with van der Waals surface area (Å²) in [5, 5.41) is 3.29. The summed E-state index contributed by atoms with van der Waals surface area (Å²) < 4.78 is 0. The smallest absolute Gasteiger partial charge is 0.223 e. The summed E-state index contributed by atoms with van der Waals surface area (Å²) in [6.07, 6.45) is 1.74. The summed E-state index contributed by atoms with van der Waals surface area (Å²) in [4.78, 5) is 18.7. The first kappa shape index (κ1) is 15.8. The standard InChI is InChI=1S/C17H27N3O/c1-5-9-18-15-8-6-7-14(19-15)12-20-11-13(10-16(20)21)17(2,3)4/h6-8,13H,5,9-12H2,1-4H3,(H,18,19). The molecular weight excluding hydrogens is 262 g/mol. The lowest BCUT2D eigenvalue weighted by atomic mass is 9.80. The summed E-state index contributed by atoms with van der Waals surface area (Å²) >= 11 is 0. The van der Waals surface area contributed by atoms with Crippen LogP contribution < -0.4 is 5.32 Å². The molecule has 1 N–H and O–H groups in total. The molecule has 0 spiro atoms. The lowest BCUT2D eigenvalue weighted by Crippen LogP contribution is -2.27. The number of hydrogen-bond donors (Lipinski definition) is 1. The van der Waals surface area contributed by atoms with Crippen molar-refractivity contribution in [3.63, 3.8) is 0 Å². The van der Waals surface area contributed by atoms with Gasteiger partial charge in [-0.3, -0.25) is 4.79 Å². The van der Waals surface area contributed by atoms with Crippen molar-refractivity contribution in [3.05, 3.63) is 23.9 Å². The fourth-order valence-electron chi connectivity index (χ4n) is 2.62. The van der Waals surface area contributed by atoms with Gasteiger partial charge in [-0.2, -0.15) is 0 Å². The van der Waals surface area contributed by atoms with E-state index in [1.54, 1.807) is 0 Å². The quantitative estimate of drug-likeness (QED) is 0.904. The number of carbonyl (C=O) groups excluding carboxylic acids is 1. The predicted molar refractivity (Wildman–Crippen MR) is 86.0 cm³/mol. The predicted octanol–water partition coefficient (Wildman–Crippen LogP) is 3.30. The van der Waals surface area contributed by atoms with Crippen LogP contribution in [0.1, 0.15) is 46.2 Å². The molecular formula is C17H27N3O. The molecule has 1 saturated heterocycles. The van der Waals surface area contributed by atoms with Gasteiger partial charge in [0.1, 0.15) is 5.82 Å². The first-order valence-corrected chi connectivity index (χ1v) is 7.87. The number of hydrogen-bond acceptors (Lipinski definition) is 3. The second kappa shape index (κ2) is 6.46. The van der Waals surface area contributed by atoms with Crippen LogP contribution in [0.2, 0.25) is 0 Å². The maximum Gasteiger partial charge on any atom is 0.223 e. The molecule has 1 fully saturated rings. The van der Waals surface area contributed by atoms with Gasteiger partial charge in [0.15, 0.2) is 0 Å². The maximum atomic E-state index is 12.2. The molecule has 1 amide bonds. The van der Waals surface area contributed by atoms with E-state index in [1.807, 2.05) is 23.1 Å². The Bertz CT molecular complexity index is 493. The lowest BCUT2D eigenvalue weighted by Gasteiger charge is -2.26. The van der Waals surface area contributed by atoms with Gasteiger partial charge in [-0.05, 0) is 29.9 Å². The molecule has 0 bridgehead atoms. The average Bonchev–Trinajstić information content (AvgIpc) is 2.78. The zero-order valence-electron chi connectivity index (χ0n) is 13.6. The van der Waals surface area contributed by atoms with E-state index in [-0.39, 0.29) is 11.3 Å². The summed E-state index contributed by atoms with van der Waals surface area (Å²) in [5.41, 5.74) is 1.14. The number of nitrogens with zero attached hydrogens (tertiary/aromatic N) is 2.